The molecule has 72 valence electrons. The normalized spacial score (nSPS) is 10.1. The van der Waals surface area contributed by atoms with E-state index in [9.17, 15) is 0 Å². The molecule has 0 saturated heterocycles. The zero-order valence-corrected chi connectivity index (χ0v) is 8.41. The molecule has 0 aliphatic heterocycles. The highest BCUT2D eigenvalue weighted by Gasteiger charge is 2.02. The molecule has 0 saturated carbocycles. The summed E-state index contributed by atoms with van der Waals surface area (Å²) < 4.78 is 4.96. The van der Waals surface area contributed by atoms with E-state index in [0.717, 1.165) is 11.3 Å². The number of rotatable bonds is 2. The minimum atomic E-state index is 0.566. The van der Waals surface area contributed by atoms with Crippen molar-refractivity contribution in [2.24, 2.45) is 0 Å². The molecule has 0 aromatic carbocycles. The number of nitrogens with zero attached hydrogens (tertiary/aromatic N) is 2. The predicted molar refractivity (Wildman–Crippen MR) is 56.3 cm³/mol. The second-order valence-corrected chi connectivity index (χ2v) is 3.55. The van der Waals surface area contributed by atoms with Crippen LogP contribution in [0, 0.1) is 0 Å². The van der Waals surface area contributed by atoms with Crippen LogP contribution in [0.4, 0.5) is 5.13 Å². The van der Waals surface area contributed by atoms with Crippen molar-refractivity contribution in [2.45, 2.75) is 0 Å². The first-order valence-electron chi connectivity index (χ1n) is 4.01. The highest BCUT2D eigenvalue weighted by molar-refractivity contribution is 7.13. The molecule has 2 aromatic heterocycles. The number of methoxy groups -OCH3 is 1. The minimum Gasteiger partial charge on any atom is -0.481 e. The van der Waals surface area contributed by atoms with Crippen LogP contribution in [-0.2, 0) is 0 Å². The number of anilines is 1. The monoisotopic (exact) mass is 207 g/mol. The number of thiazole rings is 1. The van der Waals surface area contributed by atoms with Gasteiger partial charge in [-0.2, -0.15) is 0 Å². The van der Waals surface area contributed by atoms with Gasteiger partial charge in [0.25, 0.3) is 0 Å². The lowest BCUT2D eigenvalue weighted by Crippen LogP contribution is -1.87. The molecule has 2 N–H and O–H groups in total. The summed E-state index contributed by atoms with van der Waals surface area (Å²) in [6.07, 6.45) is 1.72. The van der Waals surface area contributed by atoms with Crippen LogP contribution in [0.25, 0.3) is 11.3 Å². The maximum absolute atomic E-state index is 5.53. The molecule has 0 bridgehead atoms. The van der Waals surface area contributed by atoms with E-state index in [1.807, 2.05) is 11.4 Å². The summed E-state index contributed by atoms with van der Waals surface area (Å²) in [7, 11) is 1.59. The summed E-state index contributed by atoms with van der Waals surface area (Å²) in [5, 5.41) is 2.47. The lowest BCUT2D eigenvalue weighted by atomic mass is 10.2. The highest BCUT2D eigenvalue weighted by atomic mass is 32.1. The van der Waals surface area contributed by atoms with Gasteiger partial charge in [0.1, 0.15) is 0 Å². The second kappa shape index (κ2) is 3.63. The first-order valence-corrected chi connectivity index (χ1v) is 4.89. The van der Waals surface area contributed by atoms with Crippen molar-refractivity contribution < 1.29 is 4.74 Å². The van der Waals surface area contributed by atoms with Crippen LogP contribution < -0.4 is 10.5 Å². The Hall–Kier alpha value is -1.62. The van der Waals surface area contributed by atoms with Gasteiger partial charge in [-0.1, -0.05) is 0 Å². The number of aromatic nitrogens is 2. The zero-order chi connectivity index (χ0) is 9.97. The molecule has 2 rings (SSSR count). The molecule has 0 aliphatic rings. The van der Waals surface area contributed by atoms with Gasteiger partial charge >= 0.3 is 0 Å². The van der Waals surface area contributed by atoms with Crippen LogP contribution in [0.1, 0.15) is 0 Å². The number of hydrogen-bond donors (Lipinski definition) is 1. The van der Waals surface area contributed by atoms with E-state index in [2.05, 4.69) is 9.97 Å². The lowest BCUT2D eigenvalue weighted by Gasteiger charge is -1.98. The molecule has 2 aromatic rings. The Bertz CT molecular complexity index is 424. The fourth-order valence-electron chi connectivity index (χ4n) is 1.07. The van der Waals surface area contributed by atoms with Crippen molar-refractivity contribution in [1.29, 1.82) is 0 Å². The van der Waals surface area contributed by atoms with Crippen LogP contribution in [0.2, 0.25) is 0 Å². The van der Waals surface area contributed by atoms with Crippen molar-refractivity contribution in [3.63, 3.8) is 0 Å². The van der Waals surface area contributed by atoms with Gasteiger partial charge in [-0.3, -0.25) is 0 Å². The molecular formula is C9H9N3OS. The number of ether oxygens (including phenoxy) is 1. The molecule has 5 heteroatoms. The topological polar surface area (TPSA) is 61.0 Å². The van der Waals surface area contributed by atoms with E-state index in [-0.39, 0.29) is 0 Å². The van der Waals surface area contributed by atoms with Gasteiger partial charge in [0, 0.05) is 23.2 Å². The molecule has 14 heavy (non-hydrogen) atoms. The van der Waals surface area contributed by atoms with E-state index >= 15 is 0 Å². The van der Waals surface area contributed by atoms with E-state index in [0.29, 0.717) is 11.0 Å². The fourth-order valence-corrected chi connectivity index (χ4v) is 1.64. The molecular weight excluding hydrogens is 198 g/mol. The smallest absolute Gasteiger partial charge is 0.212 e. The zero-order valence-electron chi connectivity index (χ0n) is 7.60. The van der Waals surface area contributed by atoms with Crippen LogP contribution in [0.5, 0.6) is 5.88 Å². The molecule has 0 fully saturated rings. The standard InChI is InChI=1S/C9H9N3OS/c1-13-8-3-2-6(4-11-8)7-5-14-9(10)12-7/h2-5H,1H3,(H2,10,12). The number of pyridine rings is 1. The summed E-state index contributed by atoms with van der Waals surface area (Å²) in [4.78, 5) is 8.24. The minimum absolute atomic E-state index is 0.566. The maximum atomic E-state index is 5.53. The van der Waals surface area contributed by atoms with Gasteiger partial charge in [0.05, 0.1) is 12.8 Å². The molecule has 0 atom stereocenters. The molecule has 0 unspecified atom stereocenters. The summed E-state index contributed by atoms with van der Waals surface area (Å²) in [5.74, 6) is 0.594. The van der Waals surface area contributed by atoms with Crippen molar-refractivity contribution in [1.82, 2.24) is 9.97 Å². The third-order valence-corrected chi connectivity index (χ3v) is 2.44. The Morgan fingerprint density at radius 2 is 2.29 bits per heavy atom. The first-order chi connectivity index (χ1) is 6.79. The third-order valence-electron chi connectivity index (χ3n) is 1.76. The lowest BCUT2D eigenvalue weighted by molar-refractivity contribution is 0.398. The summed E-state index contributed by atoms with van der Waals surface area (Å²) in [6, 6.07) is 3.70. The first kappa shape index (κ1) is 8.96. The van der Waals surface area contributed by atoms with Crippen molar-refractivity contribution in [3.8, 4) is 17.1 Å². The molecule has 0 spiro atoms. The molecule has 0 amide bonds. The molecule has 0 aliphatic carbocycles. The van der Waals surface area contributed by atoms with Crippen LogP contribution in [-0.4, -0.2) is 17.1 Å². The SMILES string of the molecule is COc1ccc(-c2csc(N)n2)cn1. The molecule has 2 heterocycles. The largest absolute Gasteiger partial charge is 0.481 e. The Labute approximate surface area is 85.4 Å². The summed E-state index contributed by atoms with van der Waals surface area (Å²) >= 11 is 1.42. The average Bonchev–Trinajstić information content (AvgIpc) is 2.65. The van der Waals surface area contributed by atoms with Gasteiger partial charge in [-0.15, -0.1) is 11.3 Å². The third kappa shape index (κ3) is 1.67. The highest BCUT2D eigenvalue weighted by Crippen LogP contribution is 2.23. The van der Waals surface area contributed by atoms with Crippen LogP contribution >= 0.6 is 11.3 Å². The number of nitrogens with two attached hydrogens (primary N) is 1. The molecule has 0 radical (unpaired) electrons. The van der Waals surface area contributed by atoms with Gasteiger partial charge < -0.3 is 10.5 Å². The fraction of sp³-hybridized carbons (Fsp3) is 0.111. The van der Waals surface area contributed by atoms with Gasteiger partial charge in [-0.05, 0) is 6.07 Å². The Balaban J connectivity index is 2.33. The van der Waals surface area contributed by atoms with Crippen LogP contribution in [0.3, 0.4) is 0 Å². The summed E-state index contributed by atoms with van der Waals surface area (Å²) in [5.41, 5.74) is 7.33. The molecule has 4 nitrogen and oxygen atoms in total. The van der Waals surface area contributed by atoms with Gasteiger partial charge in [-0.25, -0.2) is 9.97 Å². The van der Waals surface area contributed by atoms with E-state index in [4.69, 9.17) is 10.5 Å². The number of nitrogen functional groups attached to an aromatic ring is 1. The second-order valence-electron chi connectivity index (χ2n) is 2.66. The Kier molecular flexibility index (Phi) is 2.32. The van der Waals surface area contributed by atoms with E-state index in [1.54, 1.807) is 19.4 Å². The van der Waals surface area contributed by atoms with Crippen LogP contribution in [0.15, 0.2) is 23.7 Å². The Morgan fingerprint density at radius 3 is 2.79 bits per heavy atom. The van der Waals surface area contributed by atoms with Gasteiger partial charge in [0.15, 0.2) is 5.13 Å². The predicted octanol–water partition coefficient (Wildman–Crippen LogP) is 1.80. The summed E-state index contributed by atoms with van der Waals surface area (Å²) in [6.45, 7) is 0. The average molecular weight is 207 g/mol. The van der Waals surface area contributed by atoms with Crippen molar-refractivity contribution in [2.75, 3.05) is 12.8 Å². The number of hydrogen-bond acceptors (Lipinski definition) is 5. The maximum Gasteiger partial charge on any atom is 0.212 e. The van der Waals surface area contributed by atoms with Crippen molar-refractivity contribution in [3.05, 3.63) is 23.7 Å². The van der Waals surface area contributed by atoms with Gasteiger partial charge in [0.2, 0.25) is 5.88 Å². The van der Waals surface area contributed by atoms with Crippen molar-refractivity contribution >= 4 is 16.5 Å². The Morgan fingerprint density at radius 1 is 1.43 bits per heavy atom. The van der Waals surface area contributed by atoms with E-state index < -0.39 is 0 Å². The van der Waals surface area contributed by atoms with E-state index in [1.165, 1.54) is 11.3 Å². The quantitative estimate of drug-likeness (QED) is 0.815.